The fraction of sp³-hybridized carbons (Fsp3) is 0.526. The van der Waals surface area contributed by atoms with Gasteiger partial charge >= 0.3 is 0 Å². The Morgan fingerprint density at radius 1 is 0.810 bits per heavy atom. The molecule has 0 saturated carbocycles. The number of allylic oxidation sites excluding steroid dienone is 6. The second-order valence-corrected chi connectivity index (χ2v) is 12.6. The summed E-state index contributed by atoms with van der Waals surface area (Å²) in [4.78, 5) is 0. The van der Waals surface area contributed by atoms with Gasteiger partial charge in [-0.2, -0.15) is 0 Å². The highest BCUT2D eigenvalue weighted by Gasteiger charge is 2.34. The molecule has 0 N–H and O–H groups in total. The van der Waals surface area contributed by atoms with Crippen molar-refractivity contribution in [2.45, 2.75) is 119 Å². The summed E-state index contributed by atoms with van der Waals surface area (Å²) in [5, 5.41) is 0. The van der Waals surface area contributed by atoms with Gasteiger partial charge in [0.2, 0.25) is 0 Å². The lowest BCUT2D eigenvalue weighted by Crippen LogP contribution is -2.37. The molecule has 2 aromatic carbocycles. The third kappa shape index (κ3) is 9.18. The predicted octanol–water partition coefficient (Wildman–Crippen LogP) is 10.5. The van der Waals surface area contributed by atoms with Crippen LogP contribution >= 0.6 is 0 Å². The first-order valence-electron chi connectivity index (χ1n) is 15.6. The van der Waals surface area contributed by atoms with Crippen LogP contribution in [0, 0.1) is 20.8 Å². The average molecular weight is 575 g/mol. The minimum atomic E-state index is -0.158. The Hall–Kier alpha value is -3.14. The van der Waals surface area contributed by atoms with Crippen molar-refractivity contribution < 1.29 is 18.9 Å². The molecule has 0 fully saturated rings. The molecule has 42 heavy (non-hydrogen) atoms. The molecule has 4 nitrogen and oxygen atoms in total. The lowest BCUT2D eigenvalue weighted by molar-refractivity contribution is 0.0557. The van der Waals surface area contributed by atoms with E-state index in [0.29, 0.717) is 6.61 Å². The summed E-state index contributed by atoms with van der Waals surface area (Å²) in [6.07, 6.45) is 15.8. The molecule has 0 radical (unpaired) electrons. The van der Waals surface area contributed by atoms with E-state index in [4.69, 9.17) is 18.9 Å². The van der Waals surface area contributed by atoms with Crippen molar-refractivity contribution in [1.29, 1.82) is 0 Å². The van der Waals surface area contributed by atoms with Crippen LogP contribution in [-0.2, 0) is 13.0 Å². The van der Waals surface area contributed by atoms with Gasteiger partial charge in [-0.3, -0.25) is 0 Å². The summed E-state index contributed by atoms with van der Waals surface area (Å²) in [6, 6.07) is 5.87. The molecule has 3 rings (SSSR count). The van der Waals surface area contributed by atoms with Crippen LogP contribution in [0.2, 0.25) is 0 Å². The lowest BCUT2D eigenvalue weighted by Gasteiger charge is -2.38. The molecule has 4 heteroatoms. The summed E-state index contributed by atoms with van der Waals surface area (Å²) >= 11 is 0. The molecule has 1 aliphatic heterocycles. The van der Waals surface area contributed by atoms with Crippen molar-refractivity contribution in [1.82, 2.24) is 0 Å². The van der Waals surface area contributed by atoms with Gasteiger partial charge in [-0.25, -0.2) is 0 Å². The van der Waals surface area contributed by atoms with Gasteiger partial charge in [-0.05, 0) is 141 Å². The van der Waals surface area contributed by atoms with Crippen LogP contribution < -0.4 is 18.9 Å². The van der Waals surface area contributed by atoms with Crippen LogP contribution in [0.15, 0.2) is 53.1 Å². The number of fused-ring (bicyclic) bond motifs is 1. The highest BCUT2D eigenvalue weighted by Crippen LogP contribution is 2.45. The Morgan fingerprint density at radius 3 is 2.00 bits per heavy atom. The molecule has 0 aliphatic carbocycles. The van der Waals surface area contributed by atoms with Crippen molar-refractivity contribution in [3.63, 3.8) is 0 Å². The molecule has 0 bridgehead atoms. The maximum absolute atomic E-state index is 6.81. The van der Waals surface area contributed by atoms with E-state index in [2.05, 4.69) is 73.6 Å². The van der Waals surface area contributed by atoms with Gasteiger partial charge in [-0.15, -0.1) is 0 Å². The molecule has 0 spiro atoms. The van der Waals surface area contributed by atoms with Crippen molar-refractivity contribution in [2.75, 3.05) is 14.2 Å². The van der Waals surface area contributed by atoms with Crippen LogP contribution in [-0.4, -0.2) is 19.8 Å². The van der Waals surface area contributed by atoms with Crippen molar-refractivity contribution in [2.24, 2.45) is 0 Å². The molecular weight excluding hydrogens is 520 g/mol. The van der Waals surface area contributed by atoms with Gasteiger partial charge in [0.1, 0.15) is 35.2 Å². The van der Waals surface area contributed by atoms with E-state index in [1.165, 1.54) is 33.4 Å². The standard InChI is InChI=1S/C38H54O4/c1-26(2)14-11-15-27(3)16-12-17-28(4)18-13-20-38(8)21-19-35-31(7)36(29(5)30(6)37(35)42-38)41-25-32-22-33(39-9)24-34(23-32)40-10/h14,16,18,22-24H,11-13,15,17,19-21,25H2,1-10H3/b27-16+,28-18+/t38-/m1/s1. The van der Waals surface area contributed by atoms with E-state index in [1.807, 2.05) is 18.2 Å². The maximum Gasteiger partial charge on any atom is 0.127 e. The van der Waals surface area contributed by atoms with Gasteiger partial charge in [0, 0.05) is 11.6 Å². The molecule has 1 atom stereocenters. The van der Waals surface area contributed by atoms with Gasteiger partial charge in [0.05, 0.1) is 14.2 Å². The molecule has 0 unspecified atom stereocenters. The van der Waals surface area contributed by atoms with Crippen molar-refractivity contribution in [3.05, 3.63) is 81.0 Å². The Balaban J connectivity index is 1.61. The van der Waals surface area contributed by atoms with Crippen LogP contribution in [0.4, 0.5) is 0 Å². The average Bonchev–Trinajstić information content (AvgIpc) is 2.95. The second-order valence-electron chi connectivity index (χ2n) is 12.6. The number of rotatable bonds is 14. The topological polar surface area (TPSA) is 36.9 Å². The van der Waals surface area contributed by atoms with Gasteiger partial charge < -0.3 is 18.9 Å². The SMILES string of the molecule is COc1cc(COc2c(C)c(C)c3c(c2C)CC[C@@](C)(CC/C=C(\C)CC/C=C(\C)CCC=C(C)C)O3)cc(OC)c1. The highest BCUT2D eigenvalue weighted by molar-refractivity contribution is 5.59. The summed E-state index contributed by atoms with van der Waals surface area (Å²) in [5.74, 6) is 3.54. The fourth-order valence-electron chi connectivity index (χ4n) is 5.74. The molecule has 1 heterocycles. The largest absolute Gasteiger partial charge is 0.497 e. The Kier molecular flexibility index (Phi) is 12.2. The van der Waals surface area contributed by atoms with E-state index in [1.54, 1.807) is 14.2 Å². The van der Waals surface area contributed by atoms with Crippen molar-refractivity contribution in [3.8, 4) is 23.0 Å². The summed E-state index contributed by atoms with van der Waals surface area (Å²) < 4.78 is 24.1. The molecule has 1 aliphatic rings. The second kappa shape index (κ2) is 15.4. The number of methoxy groups -OCH3 is 2. The summed E-state index contributed by atoms with van der Waals surface area (Å²) in [6.45, 7) is 18.1. The first-order chi connectivity index (χ1) is 20.0. The van der Waals surface area contributed by atoms with E-state index < -0.39 is 0 Å². The third-order valence-corrected chi connectivity index (χ3v) is 8.65. The zero-order valence-electron chi connectivity index (χ0n) is 28.0. The molecular formula is C38H54O4. The summed E-state index contributed by atoms with van der Waals surface area (Å²) in [7, 11) is 3.33. The van der Waals surface area contributed by atoms with Crippen LogP contribution in [0.3, 0.4) is 0 Å². The normalized spacial score (nSPS) is 16.9. The highest BCUT2D eigenvalue weighted by atomic mass is 16.5. The Labute approximate surface area is 255 Å². The van der Waals surface area contributed by atoms with Crippen LogP contribution in [0.5, 0.6) is 23.0 Å². The molecule has 2 aromatic rings. The zero-order chi connectivity index (χ0) is 30.9. The Morgan fingerprint density at radius 2 is 1.40 bits per heavy atom. The predicted molar refractivity (Wildman–Crippen MR) is 177 cm³/mol. The molecule has 230 valence electrons. The first-order valence-corrected chi connectivity index (χ1v) is 15.6. The molecule has 0 aromatic heterocycles. The maximum atomic E-state index is 6.81. The van der Waals surface area contributed by atoms with E-state index in [9.17, 15) is 0 Å². The minimum Gasteiger partial charge on any atom is -0.497 e. The third-order valence-electron chi connectivity index (χ3n) is 8.65. The summed E-state index contributed by atoms with van der Waals surface area (Å²) in [5.41, 5.74) is 10.0. The lowest BCUT2D eigenvalue weighted by atomic mass is 9.85. The number of ether oxygens (including phenoxy) is 4. The number of benzene rings is 2. The van der Waals surface area contributed by atoms with Crippen molar-refractivity contribution >= 4 is 0 Å². The minimum absolute atomic E-state index is 0.158. The van der Waals surface area contributed by atoms with Gasteiger partial charge in [0.15, 0.2) is 0 Å². The van der Waals surface area contributed by atoms with Crippen LogP contribution in [0.25, 0.3) is 0 Å². The molecule has 0 saturated heterocycles. The number of hydrogen-bond acceptors (Lipinski definition) is 4. The molecule has 0 amide bonds. The van der Waals surface area contributed by atoms with Crippen LogP contribution in [0.1, 0.15) is 107 Å². The number of hydrogen-bond donors (Lipinski definition) is 0. The first kappa shape index (κ1) is 33.4. The fourth-order valence-corrected chi connectivity index (χ4v) is 5.74. The monoisotopic (exact) mass is 574 g/mol. The van der Waals surface area contributed by atoms with E-state index >= 15 is 0 Å². The smallest absolute Gasteiger partial charge is 0.127 e. The van der Waals surface area contributed by atoms with Gasteiger partial charge in [-0.1, -0.05) is 34.9 Å². The Bertz CT molecular complexity index is 1290. The van der Waals surface area contributed by atoms with E-state index in [-0.39, 0.29) is 5.60 Å². The quantitative estimate of drug-likeness (QED) is 0.210. The zero-order valence-corrected chi connectivity index (χ0v) is 28.0. The van der Waals surface area contributed by atoms with E-state index in [0.717, 1.165) is 85.5 Å². The van der Waals surface area contributed by atoms with Gasteiger partial charge in [0.25, 0.3) is 0 Å².